The number of rotatable bonds is 7. The van der Waals surface area contributed by atoms with Gasteiger partial charge in [0.15, 0.2) is 0 Å². The van der Waals surface area contributed by atoms with Gasteiger partial charge in [-0.15, -0.1) is 10.2 Å². The van der Waals surface area contributed by atoms with Crippen LogP contribution in [-0.4, -0.2) is 16.4 Å². The maximum Gasteiger partial charge on any atom is 0.236 e. The van der Waals surface area contributed by atoms with Gasteiger partial charge in [0.05, 0.1) is 11.2 Å². The van der Waals surface area contributed by atoms with Crippen molar-refractivity contribution in [1.82, 2.24) is 10.2 Å². The van der Waals surface area contributed by atoms with Crippen LogP contribution in [0.2, 0.25) is 0 Å². The number of nitrogens with two attached hydrogens (primary N) is 1. The van der Waals surface area contributed by atoms with Gasteiger partial charge in [0.2, 0.25) is 11.8 Å². The minimum absolute atomic E-state index is 0.376. The SMILES string of the molecule is C[C@@](N)(Cc1ccccc1)c1nnc(CCCC2C=Nc3ccccc32)o1. The van der Waals surface area contributed by atoms with E-state index < -0.39 is 5.54 Å². The molecule has 5 heteroatoms. The lowest BCUT2D eigenvalue weighted by molar-refractivity contribution is 0.334. The number of nitrogens with zero attached hydrogens (tertiary/aromatic N) is 3. The van der Waals surface area contributed by atoms with Crippen molar-refractivity contribution in [2.75, 3.05) is 0 Å². The highest BCUT2D eigenvalue weighted by atomic mass is 16.4. The number of benzene rings is 2. The predicted octanol–water partition coefficient (Wildman–Crippen LogP) is 4.31. The zero-order valence-corrected chi connectivity index (χ0v) is 15.5. The lowest BCUT2D eigenvalue weighted by atomic mass is 9.94. The zero-order chi connectivity index (χ0) is 18.7. The van der Waals surface area contributed by atoms with Gasteiger partial charge in [-0.05, 0) is 43.4 Å². The number of aliphatic imine (C=N–C) groups is 1. The molecule has 1 aliphatic heterocycles. The van der Waals surface area contributed by atoms with Crippen molar-refractivity contribution in [3.05, 3.63) is 77.5 Å². The molecule has 2 N–H and O–H groups in total. The summed E-state index contributed by atoms with van der Waals surface area (Å²) in [7, 11) is 0. The fourth-order valence-electron chi connectivity index (χ4n) is 3.55. The third kappa shape index (κ3) is 3.98. The molecule has 2 aromatic carbocycles. The molecule has 0 radical (unpaired) electrons. The minimum Gasteiger partial charge on any atom is -0.423 e. The third-order valence-corrected chi connectivity index (χ3v) is 5.01. The summed E-state index contributed by atoms with van der Waals surface area (Å²) < 4.78 is 5.87. The first-order valence-corrected chi connectivity index (χ1v) is 9.40. The summed E-state index contributed by atoms with van der Waals surface area (Å²) >= 11 is 0. The fraction of sp³-hybridized carbons (Fsp3) is 0.318. The van der Waals surface area contributed by atoms with E-state index in [2.05, 4.69) is 45.5 Å². The van der Waals surface area contributed by atoms with Gasteiger partial charge >= 0.3 is 0 Å². The number of fused-ring (bicyclic) bond motifs is 1. The molecule has 5 nitrogen and oxygen atoms in total. The number of aromatic nitrogens is 2. The second-order valence-electron chi connectivity index (χ2n) is 7.42. The average Bonchev–Trinajstić information content (AvgIpc) is 3.30. The molecule has 0 bridgehead atoms. The van der Waals surface area contributed by atoms with Crippen LogP contribution in [0.4, 0.5) is 5.69 Å². The number of hydrogen-bond acceptors (Lipinski definition) is 5. The number of hydrogen-bond donors (Lipinski definition) is 1. The van der Waals surface area contributed by atoms with E-state index in [4.69, 9.17) is 10.2 Å². The van der Waals surface area contributed by atoms with E-state index >= 15 is 0 Å². The predicted molar refractivity (Wildman–Crippen MR) is 106 cm³/mol. The molecule has 4 rings (SSSR count). The molecule has 0 aliphatic carbocycles. The summed E-state index contributed by atoms with van der Waals surface area (Å²) in [6.45, 7) is 1.93. The highest BCUT2D eigenvalue weighted by Crippen LogP contribution is 2.34. The second kappa shape index (κ2) is 7.45. The van der Waals surface area contributed by atoms with Crippen LogP contribution in [-0.2, 0) is 18.4 Å². The average molecular weight is 360 g/mol. The molecule has 27 heavy (non-hydrogen) atoms. The molecular weight excluding hydrogens is 336 g/mol. The van der Waals surface area contributed by atoms with E-state index in [1.165, 1.54) is 5.56 Å². The van der Waals surface area contributed by atoms with Gasteiger partial charge in [0.25, 0.3) is 0 Å². The molecule has 2 atom stereocenters. The van der Waals surface area contributed by atoms with Crippen LogP contribution >= 0.6 is 0 Å². The number of para-hydroxylation sites is 1. The topological polar surface area (TPSA) is 77.3 Å². The Morgan fingerprint density at radius 3 is 2.67 bits per heavy atom. The van der Waals surface area contributed by atoms with Crippen molar-refractivity contribution >= 4 is 11.9 Å². The third-order valence-electron chi connectivity index (χ3n) is 5.01. The van der Waals surface area contributed by atoms with Crippen LogP contribution in [0, 0.1) is 0 Å². The van der Waals surface area contributed by atoms with Crippen LogP contribution in [0.25, 0.3) is 0 Å². The van der Waals surface area contributed by atoms with E-state index in [1.54, 1.807) is 0 Å². The van der Waals surface area contributed by atoms with Crippen LogP contribution < -0.4 is 5.73 Å². The van der Waals surface area contributed by atoms with Gasteiger partial charge in [0, 0.05) is 18.6 Å². The van der Waals surface area contributed by atoms with E-state index in [0.717, 1.165) is 30.5 Å². The smallest absolute Gasteiger partial charge is 0.236 e. The largest absolute Gasteiger partial charge is 0.423 e. The Morgan fingerprint density at radius 1 is 1.04 bits per heavy atom. The van der Waals surface area contributed by atoms with Gasteiger partial charge in [-0.3, -0.25) is 4.99 Å². The first-order valence-electron chi connectivity index (χ1n) is 9.40. The maximum absolute atomic E-state index is 6.45. The molecular formula is C22H24N4O. The Bertz CT molecular complexity index is 930. The summed E-state index contributed by atoms with van der Waals surface area (Å²) in [5.74, 6) is 1.52. The van der Waals surface area contributed by atoms with Crippen LogP contribution in [0.1, 0.15) is 48.6 Å². The molecule has 1 unspecified atom stereocenters. The minimum atomic E-state index is -0.677. The Balaban J connectivity index is 1.34. The highest BCUT2D eigenvalue weighted by Gasteiger charge is 2.28. The summed E-state index contributed by atoms with van der Waals surface area (Å²) in [5, 5.41) is 8.40. The maximum atomic E-state index is 6.45. The highest BCUT2D eigenvalue weighted by molar-refractivity contribution is 5.80. The quantitative estimate of drug-likeness (QED) is 0.681. The van der Waals surface area contributed by atoms with Crippen molar-refractivity contribution in [1.29, 1.82) is 0 Å². The molecule has 3 aromatic rings. The second-order valence-corrected chi connectivity index (χ2v) is 7.42. The first kappa shape index (κ1) is 17.6. The summed E-state index contributed by atoms with van der Waals surface area (Å²) in [4.78, 5) is 4.49. The van der Waals surface area contributed by atoms with Crippen molar-refractivity contribution in [2.45, 2.75) is 44.1 Å². The Kier molecular flexibility index (Phi) is 4.86. The van der Waals surface area contributed by atoms with Gasteiger partial charge in [-0.2, -0.15) is 0 Å². The molecule has 138 valence electrons. The lowest BCUT2D eigenvalue weighted by Crippen LogP contribution is -2.35. The van der Waals surface area contributed by atoms with Crippen molar-refractivity contribution in [2.24, 2.45) is 10.7 Å². The van der Waals surface area contributed by atoms with E-state index in [0.29, 0.717) is 24.1 Å². The van der Waals surface area contributed by atoms with Crippen molar-refractivity contribution in [3.8, 4) is 0 Å². The monoisotopic (exact) mass is 360 g/mol. The Hall–Kier alpha value is -2.79. The Morgan fingerprint density at radius 2 is 1.81 bits per heavy atom. The standard InChI is InChI=1S/C22H24N4O/c1-22(23,14-16-8-3-2-4-9-16)21-26-25-20(27-21)13-7-10-17-15-24-19-12-6-5-11-18(17)19/h2-6,8-9,11-12,15,17H,7,10,13-14,23H2,1H3/t17?,22-/m1/s1. The van der Waals surface area contributed by atoms with Gasteiger partial charge in [0.1, 0.15) is 0 Å². The molecule has 1 aromatic heterocycles. The number of aryl methyl sites for hydroxylation is 1. The van der Waals surface area contributed by atoms with Crippen LogP contribution in [0.3, 0.4) is 0 Å². The zero-order valence-electron chi connectivity index (χ0n) is 15.5. The van der Waals surface area contributed by atoms with Crippen LogP contribution in [0.5, 0.6) is 0 Å². The molecule has 2 heterocycles. The first-order chi connectivity index (χ1) is 13.1. The van der Waals surface area contributed by atoms with E-state index in [1.807, 2.05) is 37.4 Å². The molecule has 0 saturated heterocycles. The lowest BCUT2D eigenvalue weighted by Gasteiger charge is -2.20. The van der Waals surface area contributed by atoms with Gasteiger partial charge in [-0.1, -0.05) is 48.5 Å². The summed E-state index contributed by atoms with van der Waals surface area (Å²) in [6, 6.07) is 18.4. The van der Waals surface area contributed by atoms with Gasteiger partial charge in [-0.25, -0.2) is 0 Å². The van der Waals surface area contributed by atoms with E-state index in [-0.39, 0.29) is 0 Å². The Labute approximate surface area is 159 Å². The summed E-state index contributed by atoms with van der Waals surface area (Å²) in [5.41, 5.74) is 9.32. The van der Waals surface area contributed by atoms with Crippen molar-refractivity contribution < 1.29 is 4.42 Å². The molecule has 0 fully saturated rings. The van der Waals surface area contributed by atoms with E-state index in [9.17, 15) is 0 Å². The van der Waals surface area contributed by atoms with Gasteiger partial charge < -0.3 is 10.2 Å². The summed E-state index contributed by atoms with van der Waals surface area (Å²) in [6.07, 6.45) is 5.43. The normalized spacial score (nSPS) is 17.6. The molecule has 0 saturated carbocycles. The van der Waals surface area contributed by atoms with Crippen molar-refractivity contribution in [3.63, 3.8) is 0 Å². The fourth-order valence-corrected chi connectivity index (χ4v) is 3.55. The molecule has 0 spiro atoms. The molecule has 1 aliphatic rings. The molecule has 0 amide bonds. The van der Waals surface area contributed by atoms with Crippen LogP contribution in [0.15, 0.2) is 64.0 Å².